The summed E-state index contributed by atoms with van der Waals surface area (Å²) in [4.78, 5) is 19.1. The van der Waals surface area contributed by atoms with E-state index in [2.05, 4.69) is 44.6 Å². The van der Waals surface area contributed by atoms with Crippen LogP contribution in [0.4, 0.5) is 0 Å². The number of thiophene rings is 1. The molecule has 6 rings (SSSR count). The summed E-state index contributed by atoms with van der Waals surface area (Å²) in [5.74, 6) is 0.804. The van der Waals surface area contributed by atoms with Gasteiger partial charge < -0.3 is 14.6 Å². The van der Waals surface area contributed by atoms with E-state index in [9.17, 15) is 4.79 Å². The van der Waals surface area contributed by atoms with Crippen LogP contribution >= 0.6 is 23.1 Å². The second kappa shape index (κ2) is 9.79. The number of benzene rings is 1. The second-order valence-electron chi connectivity index (χ2n) is 9.24. The van der Waals surface area contributed by atoms with Gasteiger partial charge in [0.25, 0.3) is 0 Å². The summed E-state index contributed by atoms with van der Waals surface area (Å²) in [6.07, 6.45) is 8.48. The first-order valence-corrected chi connectivity index (χ1v) is 14.1. The summed E-state index contributed by atoms with van der Waals surface area (Å²) in [7, 11) is 1.69. The largest absolute Gasteiger partial charge is 0.497 e. The van der Waals surface area contributed by atoms with Crippen molar-refractivity contribution < 1.29 is 9.53 Å². The van der Waals surface area contributed by atoms with Crippen LogP contribution in [-0.2, 0) is 17.6 Å². The fourth-order valence-electron chi connectivity index (χ4n) is 4.99. The molecule has 1 fully saturated rings. The number of aromatic nitrogens is 2. The Labute approximate surface area is 223 Å². The van der Waals surface area contributed by atoms with Crippen molar-refractivity contribution in [1.29, 1.82) is 0 Å². The van der Waals surface area contributed by atoms with Crippen LogP contribution < -0.4 is 10.1 Å². The fraction of sp³-hybridized carbons (Fsp3) is 0.286. The highest BCUT2D eigenvalue weighted by molar-refractivity contribution is 8.15. The van der Waals surface area contributed by atoms with Gasteiger partial charge in [0.2, 0.25) is 5.91 Å². The number of carbonyl (C=O) groups is 1. The van der Waals surface area contributed by atoms with Crippen molar-refractivity contribution in [2.24, 2.45) is 10.2 Å². The van der Waals surface area contributed by atoms with Crippen LogP contribution in [0.2, 0.25) is 0 Å². The number of carbonyl (C=O) groups excluding carboxylic acids is 1. The highest BCUT2D eigenvalue weighted by atomic mass is 32.2. The number of nitrogens with one attached hydrogen (secondary N) is 1. The zero-order chi connectivity index (χ0) is 25.5. The maximum Gasteiger partial charge on any atom is 0.239 e. The van der Waals surface area contributed by atoms with Gasteiger partial charge in [0, 0.05) is 23.5 Å². The number of amidine groups is 1. The Hall–Kier alpha value is -3.43. The van der Waals surface area contributed by atoms with Gasteiger partial charge in [-0.2, -0.15) is 5.10 Å². The van der Waals surface area contributed by atoms with E-state index in [1.165, 1.54) is 35.0 Å². The number of nitrogens with zero attached hydrogens (tertiary/aromatic N) is 4. The Morgan fingerprint density at radius 2 is 1.92 bits per heavy atom. The lowest BCUT2D eigenvalue weighted by Crippen LogP contribution is -2.23. The highest BCUT2D eigenvalue weighted by Crippen LogP contribution is 2.44. The Balaban J connectivity index is 1.60. The maximum atomic E-state index is 11.9. The molecule has 1 saturated heterocycles. The molecule has 0 spiro atoms. The molecular formula is C28H27N5O2S2. The third kappa shape index (κ3) is 4.36. The first kappa shape index (κ1) is 23.9. The monoisotopic (exact) mass is 529 g/mol. The summed E-state index contributed by atoms with van der Waals surface area (Å²) in [6.45, 7) is 3.84. The van der Waals surface area contributed by atoms with Crippen LogP contribution in [-0.4, -0.2) is 38.7 Å². The van der Waals surface area contributed by atoms with E-state index in [1.807, 2.05) is 38.1 Å². The summed E-state index contributed by atoms with van der Waals surface area (Å²) in [5.41, 5.74) is 6.81. The van der Waals surface area contributed by atoms with Crippen LogP contribution in [0.3, 0.4) is 0 Å². The Kier molecular flexibility index (Phi) is 6.34. The Morgan fingerprint density at radius 3 is 2.62 bits per heavy atom. The predicted molar refractivity (Wildman–Crippen MR) is 152 cm³/mol. The number of pyridine rings is 1. The summed E-state index contributed by atoms with van der Waals surface area (Å²) in [6, 6.07) is 12.4. The zero-order valence-corrected chi connectivity index (χ0v) is 22.6. The quantitative estimate of drug-likeness (QED) is 0.255. The van der Waals surface area contributed by atoms with Crippen molar-refractivity contribution in [3.05, 3.63) is 64.9 Å². The molecule has 3 aromatic heterocycles. The standard InChI is InChI=1S/C28H27N5O2S2/c1-16(31-32-28-30-26(34)17(2)36-28)25-24(33-14-6-7-15-33)23-22(18-10-12-19(35-3)13-11-18)20-8-4-5-9-21(20)29-27(23)37-25/h6-7,10-15,17H,4-5,8-9H2,1-3H3,(H,30,32,34)/b31-16+. The van der Waals surface area contributed by atoms with E-state index in [-0.39, 0.29) is 11.2 Å². The van der Waals surface area contributed by atoms with Gasteiger partial charge in [-0.3, -0.25) is 4.79 Å². The lowest BCUT2D eigenvalue weighted by atomic mass is 9.87. The third-order valence-electron chi connectivity index (χ3n) is 6.84. The van der Waals surface area contributed by atoms with E-state index in [1.54, 1.807) is 18.4 Å². The number of thioether (sulfide) groups is 1. The molecule has 4 aromatic rings. The van der Waals surface area contributed by atoms with Gasteiger partial charge in [0.05, 0.1) is 28.6 Å². The van der Waals surface area contributed by atoms with Crippen molar-refractivity contribution in [2.75, 3.05) is 7.11 Å². The SMILES string of the molecule is COc1ccc(-c2c3c(nc4sc(/C(C)=N/N=C5\NC(=O)C(C)S5)c(-n5cccc5)c24)CCCC3)cc1. The molecule has 2 aliphatic rings. The Morgan fingerprint density at radius 1 is 1.16 bits per heavy atom. The van der Waals surface area contributed by atoms with E-state index < -0.39 is 0 Å². The lowest BCUT2D eigenvalue weighted by Gasteiger charge is -2.21. The molecule has 1 aliphatic carbocycles. The van der Waals surface area contributed by atoms with Gasteiger partial charge in [-0.05, 0) is 80.5 Å². The molecule has 37 heavy (non-hydrogen) atoms. The molecule has 0 radical (unpaired) electrons. The number of methoxy groups -OCH3 is 1. The van der Waals surface area contributed by atoms with Gasteiger partial charge in [-0.25, -0.2) is 4.98 Å². The maximum absolute atomic E-state index is 11.9. The molecule has 1 aliphatic heterocycles. The number of ether oxygens (including phenoxy) is 1. The fourth-order valence-corrected chi connectivity index (χ4v) is 6.88. The molecular weight excluding hydrogens is 502 g/mol. The molecule has 1 aromatic carbocycles. The van der Waals surface area contributed by atoms with Crippen molar-refractivity contribution in [1.82, 2.24) is 14.9 Å². The molecule has 1 unspecified atom stereocenters. The highest BCUT2D eigenvalue weighted by Gasteiger charge is 2.28. The molecule has 9 heteroatoms. The second-order valence-corrected chi connectivity index (χ2v) is 11.6. The summed E-state index contributed by atoms with van der Waals surface area (Å²) in [5, 5.41) is 13.2. The average molecular weight is 530 g/mol. The predicted octanol–water partition coefficient (Wildman–Crippen LogP) is 5.97. The molecule has 4 heterocycles. The van der Waals surface area contributed by atoms with Crippen LogP contribution in [0, 0.1) is 0 Å². The smallest absolute Gasteiger partial charge is 0.239 e. The summed E-state index contributed by atoms with van der Waals surface area (Å²) >= 11 is 3.05. The van der Waals surface area contributed by atoms with Crippen molar-refractivity contribution in [3.8, 4) is 22.6 Å². The topological polar surface area (TPSA) is 80.9 Å². The number of hydrogen-bond acceptors (Lipinski definition) is 7. The van der Waals surface area contributed by atoms with Gasteiger partial charge in [0.15, 0.2) is 5.17 Å². The van der Waals surface area contributed by atoms with Crippen LogP contribution in [0.25, 0.3) is 27.0 Å². The first-order valence-electron chi connectivity index (χ1n) is 12.4. The molecule has 0 bridgehead atoms. The number of fused-ring (bicyclic) bond motifs is 2. The van der Waals surface area contributed by atoms with Crippen molar-refractivity contribution in [2.45, 2.75) is 44.8 Å². The average Bonchev–Trinajstić information content (AvgIpc) is 3.65. The van der Waals surface area contributed by atoms with Crippen molar-refractivity contribution >= 4 is 50.1 Å². The molecule has 1 atom stereocenters. The number of aryl methyl sites for hydroxylation is 1. The molecule has 0 saturated carbocycles. The van der Waals surface area contributed by atoms with E-state index >= 15 is 0 Å². The van der Waals surface area contributed by atoms with Crippen molar-refractivity contribution in [3.63, 3.8) is 0 Å². The summed E-state index contributed by atoms with van der Waals surface area (Å²) < 4.78 is 7.59. The number of hydrogen-bond donors (Lipinski definition) is 1. The van der Waals surface area contributed by atoms with E-state index in [0.717, 1.165) is 57.1 Å². The minimum atomic E-state index is -0.156. The minimum absolute atomic E-state index is 0.0367. The zero-order valence-electron chi connectivity index (χ0n) is 20.9. The molecule has 1 amide bonds. The normalized spacial score (nSPS) is 18.9. The van der Waals surface area contributed by atoms with Crippen LogP contribution in [0.5, 0.6) is 5.75 Å². The lowest BCUT2D eigenvalue weighted by molar-refractivity contribution is -0.118. The van der Waals surface area contributed by atoms with Crippen LogP contribution in [0.1, 0.15) is 42.8 Å². The number of rotatable bonds is 5. The van der Waals surface area contributed by atoms with Gasteiger partial charge in [0.1, 0.15) is 10.6 Å². The minimum Gasteiger partial charge on any atom is -0.497 e. The van der Waals surface area contributed by atoms with Crippen LogP contribution in [0.15, 0.2) is 59.0 Å². The van der Waals surface area contributed by atoms with E-state index in [4.69, 9.17) is 9.72 Å². The van der Waals surface area contributed by atoms with E-state index in [0.29, 0.717) is 5.17 Å². The Bertz CT molecular complexity index is 1550. The van der Waals surface area contributed by atoms with Gasteiger partial charge >= 0.3 is 0 Å². The van der Waals surface area contributed by atoms with Gasteiger partial charge in [-0.1, -0.05) is 23.9 Å². The molecule has 188 valence electrons. The van der Waals surface area contributed by atoms with Gasteiger partial charge in [-0.15, -0.1) is 16.4 Å². The first-order chi connectivity index (χ1) is 18.0. The molecule has 7 nitrogen and oxygen atoms in total. The third-order valence-corrected chi connectivity index (χ3v) is 9.00. The molecule has 1 N–H and O–H groups in total. The number of amides is 1.